The molecule has 0 bridgehead atoms. The molecule has 0 aliphatic heterocycles. The lowest BCUT2D eigenvalue weighted by molar-refractivity contribution is 0.415. The molecule has 0 aromatic heterocycles. The lowest BCUT2D eigenvalue weighted by Crippen LogP contribution is -1.96. The number of fused-ring (bicyclic) bond motifs is 4. The van der Waals surface area contributed by atoms with Crippen LogP contribution in [0.1, 0.15) is 267 Å². The zero-order valence-corrected chi connectivity index (χ0v) is 73.4. The molecule has 0 heterocycles. The Bertz CT molecular complexity index is 4230. The van der Waals surface area contributed by atoms with Crippen molar-refractivity contribution in [3.63, 3.8) is 0 Å². The molecule has 12 heteroatoms. The van der Waals surface area contributed by atoms with E-state index in [1.54, 1.807) is 26.4 Å². The summed E-state index contributed by atoms with van der Waals surface area (Å²) < 4.78 is 12.4. The number of hydrogen-bond acceptors (Lipinski definition) is 6. The molecule has 0 aliphatic rings. The summed E-state index contributed by atoms with van der Waals surface area (Å²) in [5, 5.41) is 53.6. The maximum atomic E-state index is 11.3. The first-order chi connectivity index (χ1) is 53.0. The van der Waals surface area contributed by atoms with Gasteiger partial charge in [0.15, 0.2) is 0 Å². The number of aromatic hydroxyl groups is 4. The van der Waals surface area contributed by atoms with E-state index < -0.39 is 0 Å². The molecule has 4 N–H and O–H groups in total. The Morgan fingerprint density at radius 2 is 0.495 bits per heavy atom. The number of halogens is 5. The van der Waals surface area contributed by atoms with Gasteiger partial charge in [0.2, 0.25) is 0 Å². The molecule has 0 fully saturated rings. The number of methoxy groups -OCH3 is 2. The Morgan fingerprint density at radius 3 is 0.817 bits per heavy atom. The molecular formula is C97H126BBr3Cl2O6. The highest BCUT2D eigenvalue weighted by Gasteiger charge is 2.21. The fourth-order valence-electron chi connectivity index (χ4n) is 15.4. The number of phenols is 4. The molecule has 0 amide bonds. The summed E-state index contributed by atoms with van der Waals surface area (Å²) in [6.45, 7) is 13.5. The number of phenolic OH excluding ortho intramolecular Hbond substituents is 4. The van der Waals surface area contributed by atoms with Crippen LogP contribution in [0.2, 0.25) is 0 Å². The van der Waals surface area contributed by atoms with Crippen molar-refractivity contribution in [3.05, 3.63) is 179 Å². The third-order valence-electron chi connectivity index (χ3n) is 21.6. The summed E-state index contributed by atoms with van der Waals surface area (Å²) in [5.41, 5.74) is 14.1. The number of benzene rings is 10. The van der Waals surface area contributed by atoms with Gasteiger partial charge in [-0.15, -0.1) is 70.5 Å². The van der Waals surface area contributed by atoms with Crippen molar-refractivity contribution in [1.29, 1.82) is 0 Å². The van der Waals surface area contributed by atoms with E-state index in [1.165, 1.54) is 265 Å². The molecule has 6 nitrogen and oxygen atoms in total. The smallest absolute Gasteiger partial charge is 0.369 e. The first-order valence-corrected chi connectivity index (χ1v) is 45.2. The molecule has 0 atom stereocenters. The normalized spacial score (nSPS) is 11.2. The number of alkyl halides is 2. The second-order valence-electron chi connectivity index (χ2n) is 30.2. The van der Waals surface area contributed by atoms with E-state index in [0.29, 0.717) is 22.3 Å². The summed E-state index contributed by atoms with van der Waals surface area (Å²) in [6, 6.07) is 50.7. The number of unbranched alkanes of at least 4 members (excludes halogenated alkanes) is 28. The van der Waals surface area contributed by atoms with E-state index in [-0.39, 0.29) is 31.5 Å². The fraction of sp³-hybridized carbons (Fsp3) is 0.464. The topological polar surface area (TPSA) is 99.4 Å². The van der Waals surface area contributed by atoms with Gasteiger partial charge in [-0.3, -0.25) is 0 Å². The SMILES string of the molecule is BrB(Br)Br.CCCCCCCCCCc1ccc2cc(C)c(-c3cc(C)c(-c4cc5cc(CCCCCCCCCC)ccc5cc4OC)cc3OC)cc2c1.CCCCCCCCCCc1ccc2cc(O)c(-c3cc(O)c(-c4cc5cc(CCCCCCCCCC)ccc5cc4O)cc3O)cc2c1.ClCCl. The first kappa shape index (κ1) is 90.3. The van der Waals surface area contributed by atoms with Crippen molar-refractivity contribution < 1.29 is 29.9 Å². The molecule has 0 aliphatic carbocycles. The maximum absolute atomic E-state index is 11.3. The minimum absolute atomic E-state index is 0.0355. The van der Waals surface area contributed by atoms with Crippen LogP contribution in [0.5, 0.6) is 34.5 Å². The van der Waals surface area contributed by atoms with Gasteiger partial charge >= 0.3 is 3.18 Å². The predicted molar refractivity (Wildman–Crippen MR) is 488 cm³/mol. The molecule has 588 valence electrons. The molecule has 0 saturated heterocycles. The van der Waals surface area contributed by atoms with Crippen LogP contribution in [0, 0.1) is 13.8 Å². The third kappa shape index (κ3) is 29.6. The van der Waals surface area contributed by atoms with Crippen molar-refractivity contribution in [2.45, 2.75) is 273 Å². The lowest BCUT2D eigenvalue weighted by Gasteiger charge is -2.18. The number of hydrogen-bond donors (Lipinski definition) is 4. The molecule has 0 unspecified atom stereocenters. The molecule has 109 heavy (non-hydrogen) atoms. The van der Waals surface area contributed by atoms with Gasteiger partial charge in [-0.05, 0) is 220 Å². The minimum Gasteiger partial charge on any atom is -0.507 e. The van der Waals surface area contributed by atoms with Crippen LogP contribution in [0.25, 0.3) is 87.6 Å². The average molecular weight is 1710 g/mol. The Balaban J connectivity index is 0.000000280. The Labute approximate surface area is 691 Å². The minimum atomic E-state index is -0.0783. The van der Waals surface area contributed by atoms with Gasteiger partial charge in [-0.25, -0.2) is 0 Å². The predicted octanol–water partition coefficient (Wildman–Crippen LogP) is 32.4. The maximum Gasteiger partial charge on any atom is 0.369 e. The third-order valence-corrected chi connectivity index (χ3v) is 21.6. The highest BCUT2D eigenvalue weighted by Crippen LogP contribution is 2.48. The Kier molecular flexibility index (Phi) is 41.7. The van der Waals surface area contributed by atoms with E-state index in [9.17, 15) is 20.4 Å². The van der Waals surface area contributed by atoms with Crippen molar-refractivity contribution in [2.24, 2.45) is 0 Å². The number of ether oxygens (including phenoxy) is 2. The van der Waals surface area contributed by atoms with Crippen LogP contribution in [0.15, 0.2) is 146 Å². The van der Waals surface area contributed by atoms with Crippen LogP contribution < -0.4 is 9.47 Å². The summed E-state index contributed by atoms with van der Waals surface area (Å²) in [7, 11) is 3.58. The van der Waals surface area contributed by atoms with Gasteiger partial charge in [-0.1, -0.05) is 286 Å². The molecule has 0 saturated carbocycles. The van der Waals surface area contributed by atoms with E-state index in [2.05, 4.69) is 186 Å². The van der Waals surface area contributed by atoms with Crippen molar-refractivity contribution in [2.75, 3.05) is 19.6 Å². The van der Waals surface area contributed by atoms with E-state index in [0.717, 1.165) is 88.3 Å². The highest BCUT2D eigenvalue weighted by atomic mass is 79.9. The van der Waals surface area contributed by atoms with Crippen LogP contribution in [0.4, 0.5) is 0 Å². The van der Waals surface area contributed by atoms with Crippen LogP contribution in [-0.2, 0) is 25.7 Å². The largest absolute Gasteiger partial charge is 0.507 e. The molecule has 10 aromatic rings. The summed E-state index contributed by atoms with van der Waals surface area (Å²) in [6.07, 6.45) is 46.5. The van der Waals surface area contributed by atoms with Crippen molar-refractivity contribution >= 4 is 117 Å². The van der Waals surface area contributed by atoms with E-state index >= 15 is 0 Å². The van der Waals surface area contributed by atoms with Gasteiger partial charge in [-0.2, -0.15) is 0 Å². The van der Waals surface area contributed by atoms with Crippen LogP contribution >= 0.6 is 70.5 Å². The second-order valence-corrected chi connectivity index (χ2v) is 37.4. The Hall–Kier alpha value is -5.88. The quantitative estimate of drug-likeness (QED) is 0.0132. The van der Waals surface area contributed by atoms with Crippen molar-refractivity contribution in [1.82, 2.24) is 0 Å². The Morgan fingerprint density at radius 1 is 0.266 bits per heavy atom. The van der Waals surface area contributed by atoms with Gasteiger partial charge in [0, 0.05) is 33.4 Å². The monoisotopic (exact) mass is 1700 g/mol. The van der Waals surface area contributed by atoms with Crippen LogP contribution in [0.3, 0.4) is 0 Å². The van der Waals surface area contributed by atoms with Gasteiger partial charge < -0.3 is 29.9 Å². The number of rotatable bonds is 42. The second kappa shape index (κ2) is 50.3. The molecule has 10 rings (SSSR count). The standard InChI is InChI=1S/C50H66O2.C46H58O4.CH2Cl2.BBr3/c1-7-9-11-13-15-17-19-21-23-39-25-27-41-29-37(3)45(33-43(41)31-39)47-30-38(4)46(36-50(47)52-6)48-34-44-32-40(26-28-42(44)35-49(48)51-5)24-22-20-18-16-14-12-10-8-2;1-3-5-7-9-11-13-15-17-19-33-21-23-35-29-43(47)39(27-37(35)25-33)41-31-46(50)42(32-45(41)49)40-28-38-26-34(22-24-36(38)30-44(40)48)20-18-16-14-12-10-8-6-4-2;2-1-3;2-1(3)4/h25-36H,7-24H2,1-6H3;21-32,47-50H,3-20H2,1-2H3;1H2;. The van der Waals surface area contributed by atoms with E-state index in [4.69, 9.17) is 32.7 Å². The summed E-state index contributed by atoms with van der Waals surface area (Å²) >= 11 is 18.8. The first-order valence-electron chi connectivity index (χ1n) is 41.4. The summed E-state index contributed by atoms with van der Waals surface area (Å²) in [4.78, 5) is 0. The lowest BCUT2D eigenvalue weighted by atomic mass is 9.90. The molecule has 0 spiro atoms. The van der Waals surface area contributed by atoms with Gasteiger partial charge in [0.1, 0.15) is 34.5 Å². The molecular weight excluding hydrogens is 1580 g/mol. The van der Waals surface area contributed by atoms with Gasteiger partial charge in [0.25, 0.3) is 0 Å². The van der Waals surface area contributed by atoms with Gasteiger partial charge in [0.05, 0.1) is 19.6 Å². The zero-order valence-electron chi connectivity index (χ0n) is 67.1. The average Bonchev–Trinajstić information content (AvgIpc) is 0.768. The highest BCUT2D eigenvalue weighted by molar-refractivity contribution is 9.69. The fourth-order valence-corrected chi connectivity index (χ4v) is 15.4. The zero-order chi connectivity index (χ0) is 78.3. The van der Waals surface area contributed by atoms with Crippen molar-refractivity contribution in [3.8, 4) is 79.0 Å². The number of aryl methyl sites for hydroxylation is 6. The van der Waals surface area contributed by atoms with Crippen LogP contribution in [-0.4, -0.2) is 43.2 Å². The van der Waals surface area contributed by atoms with E-state index in [1.807, 2.05) is 24.3 Å². The molecule has 10 aromatic carbocycles. The summed E-state index contributed by atoms with van der Waals surface area (Å²) in [5.74, 6) is 1.70. The molecule has 0 radical (unpaired) electrons.